The minimum absolute atomic E-state index is 0.946. The van der Waals surface area contributed by atoms with Crippen LogP contribution < -0.4 is 4.74 Å². The van der Waals surface area contributed by atoms with Crippen LogP contribution in [0.4, 0.5) is 0 Å². The Kier molecular flexibility index (Phi) is 6.31. The predicted octanol–water partition coefficient (Wildman–Crippen LogP) is 6.91. The maximum absolute atomic E-state index is 6.25. The highest BCUT2D eigenvalue weighted by atomic mass is 79.9. The SMILES string of the molecule is CCCc1c(Br)cccc1Oc1cccc(Br)c1CCC. The van der Waals surface area contributed by atoms with E-state index in [9.17, 15) is 0 Å². The predicted molar refractivity (Wildman–Crippen MR) is 96.3 cm³/mol. The molecule has 0 aromatic heterocycles. The molecule has 2 aromatic carbocycles. The third kappa shape index (κ3) is 4.10. The van der Waals surface area contributed by atoms with E-state index in [1.54, 1.807) is 0 Å². The molecular weight excluding hydrogens is 392 g/mol. The number of hydrogen-bond acceptors (Lipinski definition) is 1. The summed E-state index contributed by atoms with van der Waals surface area (Å²) in [6.07, 6.45) is 4.21. The molecule has 3 heteroatoms. The molecular formula is C18H20Br2O. The molecule has 0 atom stereocenters. The zero-order chi connectivity index (χ0) is 15.2. The highest BCUT2D eigenvalue weighted by Gasteiger charge is 2.12. The Morgan fingerprint density at radius 2 is 1.19 bits per heavy atom. The van der Waals surface area contributed by atoms with Crippen molar-refractivity contribution in [3.8, 4) is 11.5 Å². The van der Waals surface area contributed by atoms with Crippen molar-refractivity contribution in [1.82, 2.24) is 0 Å². The smallest absolute Gasteiger partial charge is 0.131 e. The van der Waals surface area contributed by atoms with E-state index in [0.717, 1.165) is 46.1 Å². The molecule has 0 unspecified atom stereocenters. The molecule has 0 fully saturated rings. The first kappa shape index (κ1) is 16.6. The van der Waals surface area contributed by atoms with Gasteiger partial charge in [-0.3, -0.25) is 0 Å². The van der Waals surface area contributed by atoms with Gasteiger partial charge in [0.2, 0.25) is 0 Å². The summed E-state index contributed by atoms with van der Waals surface area (Å²) < 4.78 is 8.49. The molecule has 0 saturated carbocycles. The van der Waals surface area contributed by atoms with Gasteiger partial charge < -0.3 is 4.74 Å². The van der Waals surface area contributed by atoms with Crippen LogP contribution in [0.15, 0.2) is 45.3 Å². The van der Waals surface area contributed by atoms with Crippen molar-refractivity contribution in [1.29, 1.82) is 0 Å². The van der Waals surface area contributed by atoms with E-state index in [1.165, 1.54) is 11.1 Å². The van der Waals surface area contributed by atoms with E-state index in [4.69, 9.17) is 4.74 Å². The number of halogens is 2. The van der Waals surface area contributed by atoms with Crippen molar-refractivity contribution < 1.29 is 4.74 Å². The summed E-state index contributed by atoms with van der Waals surface area (Å²) >= 11 is 7.27. The molecule has 1 nitrogen and oxygen atoms in total. The van der Waals surface area contributed by atoms with Crippen LogP contribution in [0.25, 0.3) is 0 Å². The summed E-state index contributed by atoms with van der Waals surface area (Å²) in [5.41, 5.74) is 2.48. The molecule has 0 aliphatic rings. The summed E-state index contributed by atoms with van der Waals surface area (Å²) in [4.78, 5) is 0. The summed E-state index contributed by atoms with van der Waals surface area (Å²) in [6.45, 7) is 4.37. The Balaban J connectivity index is 2.39. The molecule has 2 rings (SSSR count). The van der Waals surface area contributed by atoms with Crippen LogP contribution in [0.1, 0.15) is 37.8 Å². The summed E-state index contributed by atoms with van der Waals surface area (Å²) in [7, 11) is 0. The van der Waals surface area contributed by atoms with Gasteiger partial charge in [0, 0.05) is 20.1 Å². The lowest BCUT2D eigenvalue weighted by molar-refractivity contribution is 0.468. The average Bonchev–Trinajstić information content (AvgIpc) is 2.46. The Labute approximate surface area is 144 Å². The second kappa shape index (κ2) is 8.00. The van der Waals surface area contributed by atoms with Crippen LogP contribution in [0, 0.1) is 0 Å². The van der Waals surface area contributed by atoms with E-state index in [1.807, 2.05) is 24.3 Å². The lowest BCUT2D eigenvalue weighted by Crippen LogP contribution is -1.97. The molecule has 0 radical (unpaired) electrons. The largest absolute Gasteiger partial charge is 0.457 e. The monoisotopic (exact) mass is 410 g/mol. The average molecular weight is 412 g/mol. The fourth-order valence-corrected chi connectivity index (χ4v) is 3.47. The molecule has 21 heavy (non-hydrogen) atoms. The lowest BCUT2D eigenvalue weighted by atomic mass is 10.1. The Hall–Kier alpha value is -0.800. The first-order chi connectivity index (χ1) is 10.2. The molecule has 0 aliphatic carbocycles. The molecule has 0 saturated heterocycles. The van der Waals surface area contributed by atoms with Gasteiger partial charge in [-0.15, -0.1) is 0 Å². The Bertz CT molecular complexity index is 555. The van der Waals surface area contributed by atoms with Crippen LogP contribution in [0.3, 0.4) is 0 Å². The summed E-state index contributed by atoms with van der Waals surface area (Å²) in [5.74, 6) is 1.89. The third-order valence-corrected chi connectivity index (χ3v) is 4.86. The number of benzene rings is 2. The van der Waals surface area contributed by atoms with Gasteiger partial charge in [0.25, 0.3) is 0 Å². The highest BCUT2D eigenvalue weighted by molar-refractivity contribution is 9.10. The van der Waals surface area contributed by atoms with Gasteiger partial charge >= 0.3 is 0 Å². The number of hydrogen-bond donors (Lipinski definition) is 0. The van der Waals surface area contributed by atoms with Crippen molar-refractivity contribution in [2.75, 3.05) is 0 Å². The molecule has 2 aromatic rings. The molecule has 0 N–H and O–H groups in total. The van der Waals surface area contributed by atoms with Crippen LogP contribution in [-0.4, -0.2) is 0 Å². The van der Waals surface area contributed by atoms with Crippen molar-refractivity contribution in [3.05, 3.63) is 56.5 Å². The first-order valence-corrected chi connectivity index (χ1v) is 8.98. The van der Waals surface area contributed by atoms with Crippen molar-refractivity contribution in [2.45, 2.75) is 39.5 Å². The maximum atomic E-state index is 6.25. The fraction of sp³-hybridized carbons (Fsp3) is 0.333. The van der Waals surface area contributed by atoms with Crippen LogP contribution >= 0.6 is 31.9 Å². The van der Waals surface area contributed by atoms with E-state index in [0.29, 0.717) is 0 Å². The molecule has 0 amide bonds. The van der Waals surface area contributed by atoms with Gasteiger partial charge in [0.15, 0.2) is 0 Å². The van der Waals surface area contributed by atoms with Crippen LogP contribution in [0.5, 0.6) is 11.5 Å². The van der Waals surface area contributed by atoms with Gasteiger partial charge in [-0.1, -0.05) is 70.7 Å². The fourth-order valence-electron chi connectivity index (χ4n) is 2.37. The van der Waals surface area contributed by atoms with E-state index in [-0.39, 0.29) is 0 Å². The topological polar surface area (TPSA) is 9.23 Å². The molecule has 0 spiro atoms. The second-order valence-electron chi connectivity index (χ2n) is 5.04. The molecule has 0 heterocycles. The van der Waals surface area contributed by atoms with Crippen LogP contribution in [0.2, 0.25) is 0 Å². The summed E-state index contributed by atoms with van der Waals surface area (Å²) in [5, 5.41) is 0. The van der Waals surface area contributed by atoms with Crippen molar-refractivity contribution in [2.24, 2.45) is 0 Å². The Morgan fingerprint density at radius 3 is 1.57 bits per heavy atom. The van der Waals surface area contributed by atoms with Crippen molar-refractivity contribution in [3.63, 3.8) is 0 Å². The lowest BCUT2D eigenvalue weighted by Gasteiger charge is -2.16. The van der Waals surface area contributed by atoms with Crippen LogP contribution in [-0.2, 0) is 12.8 Å². The minimum atomic E-state index is 0.946. The molecule has 0 aliphatic heterocycles. The van der Waals surface area contributed by atoms with Gasteiger partial charge in [0.05, 0.1) is 0 Å². The zero-order valence-corrected chi connectivity index (χ0v) is 15.6. The normalized spacial score (nSPS) is 10.7. The first-order valence-electron chi connectivity index (χ1n) is 7.40. The van der Waals surface area contributed by atoms with E-state index in [2.05, 4.69) is 57.8 Å². The minimum Gasteiger partial charge on any atom is -0.457 e. The second-order valence-corrected chi connectivity index (χ2v) is 6.74. The summed E-state index contributed by atoms with van der Waals surface area (Å²) in [6, 6.07) is 12.3. The van der Waals surface area contributed by atoms with E-state index >= 15 is 0 Å². The van der Waals surface area contributed by atoms with Gasteiger partial charge in [0.1, 0.15) is 11.5 Å². The van der Waals surface area contributed by atoms with Gasteiger partial charge in [-0.2, -0.15) is 0 Å². The van der Waals surface area contributed by atoms with Crippen molar-refractivity contribution >= 4 is 31.9 Å². The molecule has 112 valence electrons. The third-order valence-electron chi connectivity index (χ3n) is 3.37. The Morgan fingerprint density at radius 1 is 0.762 bits per heavy atom. The highest BCUT2D eigenvalue weighted by Crippen LogP contribution is 2.35. The number of ether oxygens (including phenoxy) is 1. The maximum Gasteiger partial charge on any atom is 0.131 e. The zero-order valence-electron chi connectivity index (χ0n) is 12.5. The molecule has 0 bridgehead atoms. The van der Waals surface area contributed by atoms with Gasteiger partial charge in [-0.25, -0.2) is 0 Å². The van der Waals surface area contributed by atoms with Gasteiger partial charge in [-0.05, 0) is 37.1 Å². The number of rotatable bonds is 6. The quantitative estimate of drug-likeness (QED) is 0.501. The van der Waals surface area contributed by atoms with E-state index < -0.39 is 0 Å². The standard InChI is InChI=1S/C18H20Br2O/c1-3-7-13-15(19)9-5-11-17(13)21-18-12-6-10-16(20)14(18)8-4-2/h5-6,9-12H,3-4,7-8H2,1-2H3.